The van der Waals surface area contributed by atoms with Crippen LogP contribution in [0, 0.1) is 35.0 Å². The average molecular weight is 238 g/mol. The summed E-state index contributed by atoms with van der Waals surface area (Å²) in [4.78, 5) is 12.1. The van der Waals surface area contributed by atoms with Gasteiger partial charge in [0.1, 0.15) is 0 Å². The Morgan fingerprint density at radius 1 is 1.18 bits per heavy atom. The first-order chi connectivity index (χ1) is 7.79. The summed E-state index contributed by atoms with van der Waals surface area (Å²) in [6.45, 7) is 11.5. The van der Waals surface area contributed by atoms with Gasteiger partial charge in [0.05, 0.1) is 12.5 Å². The standard InChI is InChI=1S/C15H26O2/c1-9-10(2)12-6-11(9)7-13(12)14(16)17-8-15(3,4)5/h9-13H,6-8H2,1-5H3. The molecule has 0 saturated heterocycles. The molecular weight excluding hydrogens is 212 g/mol. The van der Waals surface area contributed by atoms with Crippen LogP contribution in [0.4, 0.5) is 0 Å². The van der Waals surface area contributed by atoms with Gasteiger partial charge in [-0.1, -0.05) is 34.6 Å². The second kappa shape index (κ2) is 4.29. The number of fused-ring (bicyclic) bond motifs is 2. The van der Waals surface area contributed by atoms with Crippen molar-refractivity contribution >= 4 is 5.97 Å². The molecule has 0 amide bonds. The van der Waals surface area contributed by atoms with E-state index in [1.54, 1.807) is 0 Å². The van der Waals surface area contributed by atoms with E-state index in [9.17, 15) is 4.79 Å². The lowest BCUT2D eigenvalue weighted by Crippen LogP contribution is -2.32. The largest absolute Gasteiger partial charge is 0.465 e. The van der Waals surface area contributed by atoms with Crippen LogP contribution in [0.3, 0.4) is 0 Å². The van der Waals surface area contributed by atoms with E-state index >= 15 is 0 Å². The van der Waals surface area contributed by atoms with E-state index in [0.717, 1.165) is 18.3 Å². The third-order valence-corrected chi connectivity index (χ3v) is 4.85. The SMILES string of the molecule is CC1C2CC(C(=O)OCC(C)(C)C)C(C2)C1C. The van der Waals surface area contributed by atoms with E-state index in [-0.39, 0.29) is 17.3 Å². The van der Waals surface area contributed by atoms with Crippen LogP contribution in [0.25, 0.3) is 0 Å². The summed E-state index contributed by atoms with van der Waals surface area (Å²) < 4.78 is 5.49. The van der Waals surface area contributed by atoms with Gasteiger partial charge in [-0.05, 0) is 41.9 Å². The molecule has 2 bridgehead atoms. The minimum absolute atomic E-state index is 0.0613. The monoisotopic (exact) mass is 238 g/mol. The lowest BCUT2D eigenvalue weighted by atomic mass is 9.76. The molecule has 2 rings (SSSR count). The number of hydrogen-bond donors (Lipinski definition) is 0. The molecule has 0 N–H and O–H groups in total. The maximum absolute atomic E-state index is 12.1. The highest BCUT2D eigenvalue weighted by molar-refractivity contribution is 5.73. The lowest BCUT2D eigenvalue weighted by molar-refractivity contribution is -0.154. The molecule has 0 spiro atoms. The smallest absolute Gasteiger partial charge is 0.309 e. The van der Waals surface area contributed by atoms with Crippen LogP contribution in [0.2, 0.25) is 0 Å². The molecule has 2 heteroatoms. The quantitative estimate of drug-likeness (QED) is 0.688. The second-order valence-corrected chi connectivity index (χ2v) is 7.39. The normalized spacial score (nSPS) is 40.6. The molecule has 2 aliphatic rings. The Balaban J connectivity index is 1.91. The molecule has 17 heavy (non-hydrogen) atoms. The molecule has 0 aromatic rings. The predicted molar refractivity (Wildman–Crippen MR) is 68.4 cm³/mol. The van der Waals surface area contributed by atoms with Crippen molar-refractivity contribution in [1.29, 1.82) is 0 Å². The van der Waals surface area contributed by atoms with Crippen molar-refractivity contribution in [3.05, 3.63) is 0 Å². The zero-order valence-electron chi connectivity index (χ0n) is 11.8. The van der Waals surface area contributed by atoms with E-state index in [0.29, 0.717) is 18.4 Å². The minimum atomic E-state index is 0.0613. The Labute approximate surface area is 105 Å². The van der Waals surface area contributed by atoms with Crippen molar-refractivity contribution in [1.82, 2.24) is 0 Å². The number of esters is 1. The van der Waals surface area contributed by atoms with E-state index in [2.05, 4.69) is 34.6 Å². The van der Waals surface area contributed by atoms with Crippen molar-refractivity contribution < 1.29 is 9.53 Å². The zero-order chi connectivity index (χ0) is 12.8. The topological polar surface area (TPSA) is 26.3 Å². The van der Waals surface area contributed by atoms with Crippen LogP contribution in [-0.4, -0.2) is 12.6 Å². The Kier molecular flexibility index (Phi) is 3.26. The van der Waals surface area contributed by atoms with Crippen molar-refractivity contribution in [2.24, 2.45) is 35.0 Å². The van der Waals surface area contributed by atoms with Crippen LogP contribution < -0.4 is 0 Å². The molecule has 0 radical (unpaired) electrons. The molecule has 2 fully saturated rings. The van der Waals surface area contributed by atoms with Crippen molar-refractivity contribution in [3.8, 4) is 0 Å². The summed E-state index contributed by atoms with van der Waals surface area (Å²) in [5.74, 6) is 3.09. The first-order valence-electron chi connectivity index (χ1n) is 6.96. The fourth-order valence-electron chi connectivity index (χ4n) is 3.61. The summed E-state index contributed by atoms with van der Waals surface area (Å²) in [6, 6.07) is 0. The van der Waals surface area contributed by atoms with Gasteiger partial charge in [-0.15, -0.1) is 0 Å². The van der Waals surface area contributed by atoms with Gasteiger partial charge in [0.25, 0.3) is 0 Å². The number of ether oxygens (including phenoxy) is 1. The summed E-state index contributed by atoms with van der Waals surface area (Å²) in [7, 11) is 0. The highest BCUT2D eigenvalue weighted by atomic mass is 16.5. The zero-order valence-corrected chi connectivity index (χ0v) is 11.8. The van der Waals surface area contributed by atoms with Gasteiger partial charge in [0.2, 0.25) is 0 Å². The molecular formula is C15H26O2. The molecule has 2 saturated carbocycles. The molecule has 98 valence electrons. The number of hydrogen-bond acceptors (Lipinski definition) is 2. The fraction of sp³-hybridized carbons (Fsp3) is 0.933. The highest BCUT2D eigenvalue weighted by Gasteiger charge is 2.51. The summed E-state index contributed by atoms with van der Waals surface area (Å²) in [5, 5.41) is 0. The minimum Gasteiger partial charge on any atom is -0.465 e. The molecule has 0 aromatic heterocycles. The van der Waals surface area contributed by atoms with Crippen LogP contribution in [-0.2, 0) is 9.53 Å². The maximum Gasteiger partial charge on any atom is 0.309 e. The molecule has 0 aromatic carbocycles. The van der Waals surface area contributed by atoms with Gasteiger partial charge >= 0.3 is 5.97 Å². The van der Waals surface area contributed by atoms with Gasteiger partial charge in [-0.3, -0.25) is 4.79 Å². The first-order valence-corrected chi connectivity index (χ1v) is 6.96. The highest BCUT2D eigenvalue weighted by Crippen LogP contribution is 2.55. The van der Waals surface area contributed by atoms with Gasteiger partial charge in [-0.25, -0.2) is 0 Å². The molecule has 2 nitrogen and oxygen atoms in total. The lowest BCUT2D eigenvalue weighted by Gasteiger charge is -2.31. The summed E-state index contributed by atoms with van der Waals surface area (Å²) in [6.07, 6.45) is 2.32. The van der Waals surface area contributed by atoms with Crippen molar-refractivity contribution in [3.63, 3.8) is 0 Å². The van der Waals surface area contributed by atoms with E-state index in [4.69, 9.17) is 4.74 Å². The number of carbonyl (C=O) groups is 1. The summed E-state index contributed by atoms with van der Waals surface area (Å²) >= 11 is 0. The third kappa shape index (κ3) is 2.51. The molecule has 5 atom stereocenters. The van der Waals surface area contributed by atoms with Gasteiger partial charge in [0.15, 0.2) is 0 Å². The van der Waals surface area contributed by atoms with E-state index in [1.807, 2.05) is 0 Å². The Hall–Kier alpha value is -0.530. The van der Waals surface area contributed by atoms with Gasteiger partial charge in [0, 0.05) is 0 Å². The fourth-order valence-corrected chi connectivity index (χ4v) is 3.61. The predicted octanol–water partition coefficient (Wildman–Crippen LogP) is 3.50. The van der Waals surface area contributed by atoms with E-state index in [1.165, 1.54) is 6.42 Å². The molecule has 5 unspecified atom stereocenters. The molecule has 0 heterocycles. The number of rotatable bonds is 2. The van der Waals surface area contributed by atoms with Crippen LogP contribution in [0.5, 0.6) is 0 Å². The number of carbonyl (C=O) groups excluding carboxylic acids is 1. The van der Waals surface area contributed by atoms with Crippen LogP contribution in [0.15, 0.2) is 0 Å². The molecule has 0 aliphatic heterocycles. The average Bonchev–Trinajstić information content (AvgIpc) is 2.76. The first kappa shape index (κ1) is 12.9. The van der Waals surface area contributed by atoms with Crippen molar-refractivity contribution in [2.75, 3.05) is 6.61 Å². The molecule has 2 aliphatic carbocycles. The Bertz CT molecular complexity index is 301. The maximum atomic E-state index is 12.1. The summed E-state index contributed by atoms with van der Waals surface area (Å²) in [5.41, 5.74) is 0.0756. The Morgan fingerprint density at radius 2 is 1.82 bits per heavy atom. The van der Waals surface area contributed by atoms with Gasteiger partial charge in [-0.2, -0.15) is 0 Å². The third-order valence-electron chi connectivity index (χ3n) is 4.85. The van der Waals surface area contributed by atoms with Crippen LogP contribution in [0.1, 0.15) is 47.5 Å². The van der Waals surface area contributed by atoms with Gasteiger partial charge < -0.3 is 4.74 Å². The van der Waals surface area contributed by atoms with Crippen LogP contribution >= 0.6 is 0 Å². The van der Waals surface area contributed by atoms with E-state index < -0.39 is 0 Å². The van der Waals surface area contributed by atoms with Crippen molar-refractivity contribution in [2.45, 2.75) is 47.5 Å². The second-order valence-electron chi connectivity index (χ2n) is 7.39. The Morgan fingerprint density at radius 3 is 2.29 bits per heavy atom.